The second-order valence-corrected chi connectivity index (χ2v) is 7.44. The summed E-state index contributed by atoms with van der Waals surface area (Å²) < 4.78 is 7.32. The van der Waals surface area contributed by atoms with Gasteiger partial charge in [0.2, 0.25) is 4.96 Å². The van der Waals surface area contributed by atoms with Gasteiger partial charge in [-0.05, 0) is 48.4 Å². The normalized spacial score (nSPS) is 11.0. The van der Waals surface area contributed by atoms with Crippen LogP contribution in [-0.2, 0) is 17.6 Å². The average molecular weight is 407 g/mol. The number of aryl methyl sites for hydroxylation is 2. The van der Waals surface area contributed by atoms with Gasteiger partial charge in [-0.2, -0.15) is 9.61 Å². The molecule has 0 saturated heterocycles. The maximum atomic E-state index is 12.2. The second-order valence-electron chi connectivity index (χ2n) is 6.48. The van der Waals surface area contributed by atoms with E-state index in [2.05, 4.69) is 27.5 Å². The molecule has 148 valence electrons. The van der Waals surface area contributed by atoms with Crippen LogP contribution in [0.4, 0.5) is 5.69 Å². The molecule has 0 aliphatic heterocycles. The number of ether oxygens (including phenoxy) is 1. The van der Waals surface area contributed by atoms with E-state index in [-0.39, 0.29) is 12.5 Å². The van der Waals surface area contributed by atoms with Crippen LogP contribution in [0.5, 0.6) is 5.75 Å². The Hall–Kier alpha value is -3.26. The van der Waals surface area contributed by atoms with Crippen LogP contribution in [0.25, 0.3) is 15.5 Å². The van der Waals surface area contributed by atoms with Crippen molar-refractivity contribution in [2.24, 2.45) is 0 Å². The monoisotopic (exact) mass is 407 g/mol. The van der Waals surface area contributed by atoms with Crippen LogP contribution in [0.3, 0.4) is 0 Å². The molecule has 0 aliphatic rings. The fourth-order valence-corrected chi connectivity index (χ4v) is 3.72. The molecule has 0 radical (unpaired) electrons. The van der Waals surface area contributed by atoms with Crippen molar-refractivity contribution in [3.8, 4) is 16.3 Å². The number of nitrogens with one attached hydrogen (secondary N) is 1. The van der Waals surface area contributed by atoms with Crippen molar-refractivity contribution in [3.63, 3.8) is 0 Å². The lowest BCUT2D eigenvalue weighted by Gasteiger charge is -2.08. The first kappa shape index (κ1) is 19.1. The SMILES string of the molecule is CCc1ccc(OCC(=O)Nc2ccc(-c3nn4c(CC)nnc4s3)cc2)cc1. The highest BCUT2D eigenvalue weighted by molar-refractivity contribution is 7.19. The first-order valence-corrected chi connectivity index (χ1v) is 10.3. The number of hydrogen-bond donors (Lipinski definition) is 1. The lowest BCUT2D eigenvalue weighted by atomic mass is 10.2. The number of benzene rings is 2. The van der Waals surface area contributed by atoms with E-state index < -0.39 is 0 Å². The van der Waals surface area contributed by atoms with E-state index in [4.69, 9.17) is 4.74 Å². The lowest BCUT2D eigenvalue weighted by Crippen LogP contribution is -2.20. The van der Waals surface area contributed by atoms with Gasteiger partial charge in [-0.3, -0.25) is 4.79 Å². The maximum absolute atomic E-state index is 12.2. The Labute approximate surface area is 172 Å². The van der Waals surface area contributed by atoms with E-state index >= 15 is 0 Å². The number of carbonyl (C=O) groups is 1. The minimum absolute atomic E-state index is 0.0380. The zero-order chi connectivity index (χ0) is 20.2. The summed E-state index contributed by atoms with van der Waals surface area (Å²) in [5.74, 6) is 1.32. The number of fused-ring (bicyclic) bond motifs is 1. The van der Waals surface area contributed by atoms with Gasteiger partial charge in [-0.1, -0.05) is 37.3 Å². The average Bonchev–Trinajstić information content (AvgIpc) is 3.34. The fraction of sp³-hybridized carbons (Fsp3) is 0.238. The van der Waals surface area contributed by atoms with Crippen LogP contribution < -0.4 is 10.1 Å². The van der Waals surface area contributed by atoms with Crippen molar-refractivity contribution in [1.82, 2.24) is 19.8 Å². The number of hydrogen-bond acceptors (Lipinski definition) is 6. The lowest BCUT2D eigenvalue weighted by molar-refractivity contribution is -0.118. The summed E-state index contributed by atoms with van der Waals surface area (Å²) in [6.07, 6.45) is 1.75. The van der Waals surface area contributed by atoms with Crippen molar-refractivity contribution in [2.75, 3.05) is 11.9 Å². The first-order chi connectivity index (χ1) is 14.2. The molecular weight excluding hydrogens is 386 g/mol. The molecule has 0 unspecified atom stereocenters. The minimum Gasteiger partial charge on any atom is -0.484 e. The number of anilines is 1. The molecule has 2 aromatic heterocycles. The first-order valence-electron chi connectivity index (χ1n) is 9.49. The van der Waals surface area contributed by atoms with Gasteiger partial charge in [-0.15, -0.1) is 10.2 Å². The van der Waals surface area contributed by atoms with E-state index in [0.717, 1.165) is 34.2 Å². The highest BCUT2D eigenvalue weighted by Crippen LogP contribution is 2.26. The third-order valence-corrected chi connectivity index (χ3v) is 5.44. The van der Waals surface area contributed by atoms with Crippen LogP contribution in [0, 0.1) is 0 Å². The molecule has 0 fully saturated rings. The Kier molecular flexibility index (Phi) is 5.53. The molecule has 7 nitrogen and oxygen atoms in total. The summed E-state index contributed by atoms with van der Waals surface area (Å²) in [7, 11) is 0. The molecule has 0 spiro atoms. The van der Waals surface area contributed by atoms with Crippen LogP contribution in [0.2, 0.25) is 0 Å². The standard InChI is InChI=1S/C21H21N5O2S/c1-3-14-5-11-17(12-6-14)28-13-19(27)22-16-9-7-15(8-10-16)20-25-26-18(4-2)23-24-21(26)29-20/h5-12H,3-4,13H2,1-2H3,(H,22,27). The zero-order valence-electron chi connectivity index (χ0n) is 16.3. The van der Waals surface area contributed by atoms with E-state index in [9.17, 15) is 4.79 Å². The number of carbonyl (C=O) groups excluding carboxylic acids is 1. The number of aromatic nitrogens is 4. The quantitative estimate of drug-likeness (QED) is 0.501. The molecule has 29 heavy (non-hydrogen) atoms. The Balaban J connectivity index is 1.36. The summed E-state index contributed by atoms with van der Waals surface area (Å²) in [6.45, 7) is 4.08. The van der Waals surface area contributed by atoms with E-state index in [0.29, 0.717) is 11.4 Å². The van der Waals surface area contributed by atoms with Gasteiger partial charge in [0, 0.05) is 17.7 Å². The Morgan fingerprint density at radius 3 is 2.48 bits per heavy atom. The largest absolute Gasteiger partial charge is 0.484 e. The van der Waals surface area contributed by atoms with E-state index in [1.165, 1.54) is 16.9 Å². The highest BCUT2D eigenvalue weighted by Gasteiger charge is 2.12. The van der Waals surface area contributed by atoms with Crippen molar-refractivity contribution in [1.29, 1.82) is 0 Å². The van der Waals surface area contributed by atoms with E-state index in [1.54, 1.807) is 4.52 Å². The zero-order valence-corrected chi connectivity index (χ0v) is 17.1. The third kappa shape index (κ3) is 4.27. The Morgan fingerprint density at radius 1 is 1.03 bits per heavy atom. The van der Waals surface area contributed by atoms with Crippen molar-refractivity contribution < 1.29 is 9.53 Å². The molecule has 4 aromatic rings. The fourth-order valence-electron chi connectivity index (χ4n) is 2.86. The smallest absolute Gasteiger partial charge is 0.262 e. The van der Waals surface area contributed by atoms with E-state index in [1.807, 2.05) is 55.5 Å². The number of nitrogens with zero attached hydrogens (tertiary/aromatic N) is 4. The molecule has 2 aromatic carbocycles. The summed E-state index contributed by atoms with van der Waals surface area (Å²) >= 11 is 1.49. The second kappa shape index (κ2) is 8.40. The molecule has 8 heteroatoms. The molecule has 2 heterocycles. The van der Waals surface area contributed by atoms with Gasteiger partial charge < -0.3 is 10.1 Å². The molecule has 0 bridgehead atoms. The molecular formula is C21H21N5O2S. The van der Waals surface area contributed by atoms with Crippen molar-refractivity contribution >= 4 is 27.9 Å². The molecule has 0 aliphatic carbocycles. The van der Waals surface area contributed by atoms with Gasteiger partial charge in [-0.25, -0.2) is 0 Å². The maximum Gasteiger partial charge on any atom is 0.262 e. The van der Waals surface area contributed by atoms with Gasteiger partial charge in [0.25, 0.3) is 5.91 Å². The van der Waals surface area contributed by atoms with Crippen LogP contribution in [-0.4, -0.2) is 32.3 Å². The van der Waals surface area contributed by atoms with Crippen molar-refractivity contribution in [2.45, 2.75) is 26.7 Å². The predicted molar refractivity (Wildman–Crippen MR) is 113 cm³/mol. The molecule has 1 N–H and O–H groups in total. The molecule has 0 saturated carbocycles. The Morgan fingerprint density at radius 2 is 1.79 bits per heavy atom. The third-order valence-electron chi connectivity index (χ3n) is 4.49. The van der Waals surface area contributed by atoms with Crippen LogP contribution in [0.15, 0.2) is 48.5 Å². The number of amides is 1. The van der Waals surface area contributed by atoms with Crippen LogP contribution >= 0.6 is 11.3 Å². The molecule has 1 amide bonds. The summed E-state index contributed by atoms with van der Waals surface area (Å²) in [5.41, 5.74) is 2.91. The topological polar surface area (TPSA) is 81.4 Å². The molecule has 4 rings (SSSR count). The highest BCUT2D eigenvalue weighted by atomic mass is 32.1. The molecule has 0 atom stereocenters. The van der Waals surface area contributed by atoms with Gasteiger partial charge >= 0.3 is 0 Å². The van der Waals surface area contributed by atoms with Gasteiger partial charge in [0.15, 0.2) is 12.4 Å². The van der Waals surface area contributed by atoms with Gasteiger partial charge in [0.1, 0.15) is 10.8 Å². The number of rotatable bonds is 7. The van der Waals surface area contributed by atoms with Gasteiger partial charge in [0.05, 0.1) is 0 Å². The Bertz CT molecular complexity index is 1120. The summed E-state index contributed by atoms with van der Waals surface area (Å²) in [6, 6.07) is 15.3. The van der Waals surface area contributed by atoms with Crippen molar-refractivity contribution in [3.05, 3.63) is 59.9 Å². The predicted octanol–water partition coefficient (Wildman–Crippen LogP) is 4.00. The summed E-state index contributed by atoms with van der Waals surface area (Å²) in [4.78, 5) is 12.9. The minimum atomic E-state index is -0.205. The van der Waals surface area contributed by atoms with Crippen LogP contribution in [0.1, 0.15) is 25.2 Å². The summed E-state index contributed by atoms with van der Waals surface area (Å²) in [5, 5.41) is 16.5.